The van der Waals surface area contributed by atoms with Gasteiger partial charge in [0.15, 0.2) is 0 Å². The van der Waals surface area contributed by atoms with E-state index in [9.17, 15) is 0 Å². The lowest BCUT2D eigenvalue weighted by Gasteiger charge is -2.14. The Morgan fingerprint density at radius 1 is 1.29 bits per heavy atom. The number of methoxy groups -OCH3 is 1. The fraction of sp³-hybridized carbons (Fsp3) is 0.833. The van der Waals surface area contributed by atoms with E-state index in [4.69, 9.17) is 9.26 Å². The van der Waals surface area contributed by atoms with Crippen LogP contribution in [0.1, 0.15) is 45.5 Å². The summed E-state index contributed by atoms with van der Waals surface area (Å²) in [5.74, 6) is 1.64. The van der Waals surface area contributed by atoms with E-state index in [1.54, 1.807) is 7.11 Å². The highest BCUT2D eigenvalue weighted by Gasteiger charge is 2.21. The van der Waals surface area contributed by atoms with Crippen molar-refractivity contribution in [3.63, 3.8) is 0 Å². The van der Waals surface area contributed by atoms with Gasteiger partial charge < -0.3 is 14.6 Å². The third-order valence-electron chi connectivity index (χ3n) is 2.49. The summed E-state index contributed by atoms with van der Waals surface area (Å²) in [7, 11) is 1.67. The van der Waals surface area contributed by atoms with Crippen molar-refractivity contribution in [1.82, 2.24) is 15.5 Å². The third kappa shape index (κ3) is 4.44. The molecular formula is C12H23N3O2. The first-order valence-electron chi connectivity index (χ1n) is 6.13. The van der Waals surface area contributed by atoms with Gasteiger partial charge in [0, 0.05) is 26.1 Å². The zero-order valence-corrected chi connectivity index (χ0v) is 11.4. The monoisotopic (exact) mass is 241 g/mol. The van der Waals surface area contributed by atoms with Crippen molar-refractivity contribution in [2.24, 2.45) is 5.92 Å². The van der Waals surface area contributed by atoms with Gasteiger partial charge in [-0.1, -0.05) is 32.9 Å². The molecule has 0 aliphatic carbocycles. The Labute approximate surface area is 103 Å². The smallest absolute Gasteiger partial charge is 0.228 e. The van der Waals surface area contributed by atoms with E-state index in [-0.39, 0.29) is 6.10 Å². The first-order chi connectivity index (χ1) is 8.04. The molecule has 1 heterocycles. The Hall–Kier alpha value is -0.940. The summed E-state index contributed by atoms with van der Waals surface area (Å²) >= 11 is 0. The molecule has 1 N–H and O–H groups in total. The highest BCUT2D eigenvalue weighted by molar-refractivity contribution is 4.93. The lowest BCUT2D eigenvalue weighted by molar-refractivity contribution is 0.0555. The van der Waals surface area contributed by atoms with E-state index in [1.807, 2.05) is 0 Å². The van der Waals surface area contributed by atoms with E-state index in [0.29, 0.717) is 23.7 Å². The van der Waals surface area contributed by atoms with Crippen molar-refractivity contribution in [3.8, 4) is 0 Å². The summed E-state index contributed by atoms with van der Waals surface area (Å²) in [5.41, 5.74) is 0. The maximum atomic E-state index is 5.35. The molecule has 0 fully saturated rings. The van der Waals surface area contributed by atoms with Crippen LogP contribution in [0.5, 0.6) is 0 Å². The lowest BCUT2D eigenvalue weighted by atomic mass is 10.1. The first kappa shape index (κ1) is 14.1. The van der Waals surface area contributed by atoms with Crippen LogP contribution in [0.2, 0.25) is 0 Å². The van der Waals surface area contributed by atoms with Crippen molar-refractivity contribution < 1.29 is 9.26 Å². The number of hydrogen-bond acceptors (Lipinski definition) is 5. The van der Waals surface area contributed by atoms with Crippen LogP contribution in [0, 0.1) is 5.92 Å². The van der Waals surface area contributed by atoms with Gasteiger partial charge in [0.1, 0.15) is 6.10 Å². The van der Waals surface area contributed by atoms with Gasteiger partial charge in [-0.15, -0.1) is 0 Å². The highest BCUT2D eigenvalue weighted by Crippen LogP contribution is 2.22. The van der Waals surface area contributed by atoms with Gasteiger partial charge >= 0.3 is 0 Å². The first-order valence-corrected chi connectivity index (χ1v) is 6.13. The molecule has 0 amide bonds. The molecule has 0 saturated carbocycles. The molecule has 5 nitrogen and oxygen atoms in total. The van der Waals surface area contributed by atoms with E-state index in [0.717, 1.165) is 13.0 Å². The van der Waals surface area contributed by atoms with Crippen LogP contribution < -0.4 is 5.32 Å². The molecule has 17 heavy (non-hydrogen) atoms. The topological polar surface area (TPSA) is 60.2 Å². The van der Waals surface area contributed by atoms with E-state index in [1.165, 1.54) is 0 Å². The molecule has 1 atom stereocenters. The molecule has 0 saturated heterocycles. The Morgan fingerprint density at radius 3 is 2.53 bits per heavy atom. The minimum absolute atomic E-state index is 0.0921. The van der Waals surface area contributed by atoms with Gasteiger partial charge in [-0.3, -0.25) is 0 Å². The van der Waals surface area contributed by atoms with Crippen LogP contribution in [0.25, 0.3) is 0 Å². The van der Waals surface area contributed by atoms with E-state index >= 15 is 0 Å². The van der Waals surface area contributed by atoms with Gasteiger partial charge in [0.25, 0.3) is 0 Å². The molecular weight excluding hydrogens is 218 g/mol. The molecule has 0 spiro atoms. The van der Waals surface area contributed by atoms with Crippen molar-refractivity contribution >= 4 is 0 Å². The second kappa shape index (κ2) is 6.71. The zero-order chi connectivity index (χ0) is 12.8. The van der Waals surface area contributed by atoms with Crippen LogP contribution in [-0.4, -0.2) is 29.8 Å². The average Bonchev–Trinajstić information content (AvgIpc) is 2.66. The molecule has 1 rings (SSSR count). The summed E-state index contributed by atoms with van der Waals surface area (Å²) in [4.78, 5) is 4.36. The standard InChI is InChI=1S/C12H23N3O2/c1-8(2)11(16-5)12-14-10(17-15-12)6-7-13-9(3)4/h8-9,11,13H,6-7H2,1-5H3. The molecule has 5 heteroatoms. The van der Waals surface area contributed by atoms with Crippen LogP contribution in [0.3, 0.4) is 0 Å². The van der Waals surface area contributed by atoms with Crippen LogP contribution in [0.15, 0.2) is 4.52 Å². The molecule has 1 aromatic heterocycles. The Kier molecular flexibility index (Phi) is 5.58. The number of rotatable bonds is 7. The summed E-state index contributed by atoms with van der Waals surface area (Å²) in [6.45, 7) is 9.21. The van der Waals surface area contributed by atoms with Gasteiger partial charge in [-0.25, -0.2) is 0 Å². The quantitative estimate of drug-likeness (QED) is 0.790. The summed E-state index contributed by atoms with van der Waals surface area (Å²) in [6, 6.07) is 0.472. The van der Waals surface area contributed by atoms with Crippen LogP contribution >= 0.6 is 0 Å². The van der Waals surface area contributed by atoms with Crippen molar-refractivity contribution in [2.75, 3.05) is 13.7 Å². The maximum Gasteiger partial charge on any atom is 0.228 e. The molecule has 0 radical (unpaired) electrons. The third-order valence-corrected chi connectivity index (χ3v) is 2.49. The van der Waals surface area contributed by atoms with Crippen molar-refractivity contribution in [1.29, 1.82) is 0 Å². The summed E-state index contributed by atoms with van der Waals surface area (Å²) in [6.07, 6.45) is 0.658. The van der Waals surface area contributed by atoms with Crippen LogP contribution in [0.4, 0.5) is 0 Å². The molecule has 0 aromatic carbocycles. The largest absolute Gasteiger partial charge is 0.373 e. The zero-order valence-electron chi connectivity index (χ0n) is 11.4. The number of ether oxygens (including phenoxy) is 1. The summed E-state index contributed by atoms with van der Waals surface area (Å²) < 4.78 is 10.6. The van der Waals surface area contributed by atoms with Crippen molar-refractivity contribution in [3.05, 3.63) is 11.7 Å². The number of nitrogens with zero attached hydrogens (tertiary/aromatic N) is 2. The Morgan fingerprint density at radius 2 is 2.00 bits per heavy atom. The number of hydrogen-bond donors (Lipinski definition) is 1. The summed E-state index contributed by atoms with van der Waals surface area (Å²) in [5, 5.41) is 7.28. The molecule has 0 aliphatic rings. The SMILES string of the molecule is COC(c1noc(CCNC(C)C)n1)C(C)C. The van der Waals surface area contributed by atoms with Gasteiger partial charge in [0.05, 0.1) is 0 Å². The molecule has 1 aromatic rings. The number of aromatic nitrogens is 2. The van der Waals surface area contributed by atoms with Crippen molar-refractivity contribution in [2.45, 2.75) is 46.3 Å². The Balaban J connectivity index is 2.52. The minimum Gasteiger partial charge on any atom is -0.373 e. The van der Waals surface area contributed by atoms with Gasteiger partial charge in [0.2, 0.25) is 11.7 Å². The Bertz CT molecular complexity index is 323. The number of nitrogens with one attached hydrogen (secondary N) is 1. The van der Waals surface area contributed by atoms with Gasteiger partial charge in [-0.05, 0) is 5.92 Å². The van der Waals surface area contributed by atoms with Gasteiger partial charge in [-0.2, -0.15) is 4.98 Å². The van der Waals surface area contributed by atoms with E-state index in [2.05, 4.69) is 43.2 Å². The maximum absolute atomic E-state index is 5.35. The molecule has 98 valence electrons. The predicted molar refractivity (Wildman–Crippen MR) is 65.7 cm³/mol. The van der Waals surface area contributed by atoms with Crippen LogP contribution in [-0.2, 0) is 11.2 Å². The van der Waals surface area contributed by atoms with E-state index < -0.39 is 0 Å². The highest BCUT2D eigenvalue weighted by atomic mass is 16.5. The normalized spacial score (nSPS) is 13.6. The fourth-order valence-corrected chi connectivity index (χ4v) is 1.63. The molecule has 0 aliphatic heterocycles. The molecule has 0 bridgehead atoms. The second-order valence-electron chi connectivity index (χ2n) is 4.81. The lowest BCUT2D eigenvalue weighted by Crippen LogP contribution is -2.25. The molecule has 1 unspecified atom stereocenters. The second-order valence-corrected chi connectivity index (χ2v) is 4.81. The predicted octanol–water partition coefficient (Wildman–Crippen LogP) is 1.95. The minimum atomic E-state index is -0.0921. The average molecular weight is 241 g/mol. The fourth-order valence-electron chi connectivity index (χ4n) is 1.63.